The predicted molar refractivity (Wildman–Crippen MR) is 103 cm³/mol. The number of fused-ring (bicyclic) bond motifs is 2. The van der Waals surface area contributed by atoms with E-state index >= 15 is 0 Å². The molecule has 0 aliphatic rings. The number of aryl methyl sites for hydroxylation is 2. The smallest absolute Gasteiger partial charge is 0.253 e. The first-order valence-electron chi connectivity index (χ1n) is 8.58. The zero-order chi connectivity index (χ0) is 19.0. The van der Waals surface area contributed by atoms with E-state index in [1.165, 1.54) is 0 Å². The number of H-pyrrole nitrogens is 1. The van der Waals surface area contributed by atoms with E-state index in [1.54, 1.807) is 19.5 Å². The molecule has 0 spiro atoms. The largest absolute Gasteiger partial charge is 0.497 e. The number of carbonyl (C=O) groups excluding carboxylic acids is 1. The predicted octanol–water partition coefficient (Wildman–Crippen LogP) is 3.06. The van der Waals surface area contributed by atoms with Crippen molar-refractivity contribution in [2.75, 3.05) is 7.11 Å². The van der Waals surface area contributed by atoms with Gasteiger partial charge in [-0.15, -0.1) is 0 Å². The van der Waals surface area contributed by atoms with Gasteiger partial charge in [-0.3, -0.25) is 14.9 Å². The maximum absolute atomic E-state index is 13.2. The molecule has 3 aromatic heterocycles. The van der Waals surface area contributed by atoms with Crippen LogP contribution in [0.3, 0.4) is 0 Å². The molecule has 4 aromatic rings. The normalized spacial score (nSPS) is 11.1. The first-order valence-corrected chi connectivity index (χ1v) is 8.58. The molecule has 0 atom stereocenters. The SMILES string of the molecule is COc1cc(C)c2nc3n[nH]c(C)c3c(C(=O)NCc3ccncc3)c2c1. The molecule has 4 rings (SSSR count). The minimum Gasteiger partial charge on any atom is -0.497 e. The van der Waals surface area contributed by atoms with Crippen LogP contribution in [0.25, 0.3) is 21.9 Å². The minimum absolute atomic E-state index is 0.179. The van der Waals surface area contributed by atoms with Gasteiger partial charge in [0, 0.05) is 30.0 Å². The van der Waals surface area contributed by atoms with E-state index in [1.807, 2.05) is 38.1 Å². The van der Waals surface area contributed by atoms with Crippen LogP contribution in [0.4, 0.5) is 0 Å². The molecule has 0 unspecified atom stereocenters. The molecular weight excluding hydrogens is 342 g/mol. The Morgan fingerprint density at radius 3 is 2.74 bits per heavy atom. The van der Waals surface area contributed by atoms with E-state index in [0.29, 0.717) is 23.5 Å². The Morgan fingerprint density at radius 1 is 1.22 bits per heavy atom. The zero-order valence-corrected chi connectivity index (χ0v) is 15.3. The van der Waals surface area contributed by atoms with E-state index in [4.69, 9.17) is 4.74 Å². The molecule has 0 aliphatic heterocycles. The lowest BCUT2D eigenvalue weighted by Crippen LogP contribution is -2.23. The van der Waals surface area contributed by atoms with Crippen LogP contribution >= 0.6 is 0 Å². The number of carbonyl (C=O) groups is 1. The van der Waals surface area contributed by atoms with Gasteiger partial charge in [-0.25, -0.2) is 4.98 Å². The van der Waals surface area contributed by atoms with E-state index in [9.17, 15) is 4.79 Å². The molecule has 7 nitrogen and oxygen atoms in total. The highest BCUT2D eigenvalue weighted by molar-refractivity contribution is 6.17. The van der Waals surface area contributed by atoms with Gasteiger partial charge < -0.3 is 10.1 Å². The van der Waals surface area contributed by atoms with E-state index < -0.39 is 0 Å². The van der Waals surface area contributed by atoms with Crippen LogP contribution in [0.5, 0.6) is 5.75 Å². The number of aromatic nitrogens is 4. The van der Waals surface area contributed by atoms with Crippen LogP contribution in [-0.4, -0.2) is 33.2 Å². The minimum atomic E-state index is -0.179. The zero-order valence-electron chi connectivity index (χ0n) is 15.3. The lowest BCUT2D eigenvalue weighted by molar-refractivity contribution is 0.0954. The molecule has 0 aliphatic carbocycles. The van der Waals surface area contributed by atoms with Crippen molar-refractivity contribution >= 4 is 27.8 Å². The number of ether oxygens (including phenoxy) is 1. The summed E-state index contributed by atoms with van der Waals surface area (Å²) in [4.78, 5) is 21.8. The van der Waals surface area contributed by atoms with Crippen LogP contribution in [0.15, 0.2) is 36.7 Å². The fraction of sp³-hybridized carbons (Fsp3) is 0.200. The lowest BCUT2D eigenvalue weighted by atomic mass is 10.0. The van der Waals surface area contributed by atoms with Crippen LogP contribution in [0, 0.1) is 13.8 Å². The second-order valence-corrected chi connectivity index (χ2v) is 6.41. The second kappa shape index (κ2) is 6.68. The molecule has 0 bridgehead atoms. The molecule has 1 amide bonds. The van der Waals surface area contributed by atoms with Gasteiger partial charge in [0.05, 0.1) is 23.6 Å². The quantitative estimate of drug-likeness (QED) is 0.583. The Kier molecular flexibility index (Phi) is 4.19. The molecule has 0 fully saturated rings. The highest BCUT2D eigenvalue weighted by atomic mass is 16.5. The number of hydrogen-bond acceptors (Lipinski definition) is 5. The molecule has 0 saturated heterocycles. The van der Waals surface area contributed by atoms with Crippen LogP contribution < -0.4 is 10.1 Å². The third-order valence-corrected chi connectivity index (χ3v) is 4.60. The molecule has 27 heavy (non-hydrogen) atoms. The fourth-order valence-electron chi connectivity index (χ4n) is 3.25. The average Bonchev–Trinajstić information content (AvgIpc) is 3.06. The summed E-state index contributed by atoms with van der Waals surface area (Å²) in [5.74, 6) is 0.506. The van der Waals surface area contributed by atoms with Gasteiger partial charge in [0.2, 0.25) is 0 Å². The third-order valence-electron chi connectivity index (χ3n) is 4.60. The number of amides is 1. The number of pyridine rings is 2. The van der Waals surface area contributed by atoms with Crippen molar-refractivity contribution in [3.63, 3.8) is 0 Å². The molecule has 0 saturated carbocycles. The summed E-state index contributed by atoms with van der Waals surface area (Å²) < 4.78 is 5.40. The highest BCUT2D eigenvalue weighted by Crippen LogP contribution is 2.32. The summed E-state index contributed by atoms with van der Waals surface area (Å²) in [5.41, 5.74) is 4.53. The number of nitrogens with one attached hydrogen (secondary N) is 2. The van der Waals surface area contributed by atoms with Crippen LogP contribution in [0.1, 0.15) is 27.2 Å². The summed E-state index contributed by atoms with van der Waals surface area (Å²) in [6, 6.07) is 7.50. The van der Waals surface area contributed by atoms with Gasteiger partial charge in [0.25, 0.3) is 5.91 Å². The molecule has 3 heterocycles. The van der Waals surface area contributed by atoms with E-state index in [0.717, 1.165) is 33.1 Å². The Labute approximate surface area is 155 Å². The van der Waals surface area contributed by atoms with Crippen LogP contribution in [0.2, 0.25) is 0 Å². The van der Waals surface area contributed by atoms with Crippen molar-refractivity contribution in [3.8, 4) is 5.75 Å². The molecule has 1 aromatic carbocycles. The summed E-state index contributed by atoms with van der Waals surface area (Å²) in [5, 5.41) is 11.7. The maximum Gasteiger partial charge on any atom is 0.253 e. The highest BCUT2D eigenvalue weighted by Gasteiger charge is 2.21. The summed E-state index contributed by atoms with van der Waals surface area (Å²) >= 11 is 0. The monoisotopic (exact) mass is 361 g/mol. The molecule has 136 valence electrons. The number of aromatic amines is 1. The van der Waals surface area contributed by atoms with Crippen molar-refractivity contribution in [2.45, 2.75) is 20.4 Å². The van der Waals surface area contributed by atoms with Gasteiger partial charge >= 0.3 is 0 Å². The summed E-state index contributed by atoms with van der Waals surface area (Å²) in [6.07, 6.45) is 3.41. The number of rotatable bonds is 4. The van der Waals surface area contributed by atoms with Gasteiger partial charge in [-0.05, 0) is 49.2 Å². The summed E-state index contributed by atoms with van der Waals surface area (Å²) in [7, 11) is 1.61. The van der Waals surface area contributed by atoms with Gasteiger partial charge in [0.15, 0.2) is 5.65 Å². The Morgan fingerprint density at radius 2 is 2.00 bits per heavy atom. The standard InChI is InChI=1S/C20H19N5O2/c1-11-8-14(27-3)9-15-17(16-12(2)24-25-19(16)23-18(11)15)20(26)22-10-13-4-6-21-7-5-13/h4-9H,10H2,1-3H3,(H,22,26)(H,23,24,25). The average molecular weight is 361 g/mol. The Balaban J connectivity index is 1.88. The fourth-order valence-corrected chi connectivity index (χ4v) is 3.25. The van der Waals surface area contributed by atoms with Crippen molar-refractivity contribution < 1.29 is 9.53 Å². The van der Waals surface area contributed by atoms with Crippen molar-refractivity contribution in [3.05, 3.63) is 59.0 Å². The topological polar surface area (TPSA) is 92.8 Å². The first kappa shape index (κ1) is 17.0. The Hall–Kier alpha value is -3.48. The molecular formula is C20H19N5O2. The lowest BCUT2D eigenvalue weighted by Gasteiger charge is -2.12. The summed E-state index contributed by atoms with van der Waals surface area (Å²) in [6.45, 7) is 4.24. The van der Waals surface area contributed by atoms with Gasteiger partial charge in [-0.1, -0.05) is 0 Å². The number of methoxy groups -OCH3 is 1. The maximum atomic E-state index is 13.2. The van der Waals surface area contributed by atoms with E-state index in [-0.39, 0.29) is 5.91 Å². The van der Waals surface area contributed by atoms with Crippen molar-refractivity contribution in [1.82, 2.24) is 25.5 Å². The molecule has 0 radical (unpaired) electrons. The van der Waals surface area contributed by atoms with Crippen molar-refractivity contribution in [1.29, 1.82) is 0 Å². The number of nitrogens with zero attached hydrogens (tertiary/aromatic N) is 3. The third kappa shape index (κ3) is 2.97. The molecule has 7 heteroatoms. The molecule has 2 N–H and O–H groups in total. The van der Waals surface area contributed by atoms with Gasteiger partial charge in [-0.2, -0.15) is 5.10 Å². The number of hydrogen-bond donors (Lipinski definition) is 2. The Bertz CT molecular complexity index is 1150. The first-order chi connectivity index (χ1) is 13.1. The van der Waals surface area contributed by atoms with Crippen molar-refractivity contribution in [2.24, 2.45) is 0 Å². The van der Waals surface area contributed by atoms with Gasteiger partial charge in [0.1, 0.15) is 5.75 Å². The van der Waals surface area contributed by atoms with E-state index in [2.05, 4.69) is 25.5 Å². The second-order valence-electron chi connectivity index (χ2n) is 6.41. The number of benzene rings is 1. The van der Waals surface area contributed by atoms with Crippen LogP contribution in [-0.2, 0) is 6.54 Å².